The zero-order valence-corrected chi connectivity index (χ0v) is 21.1. The molecule has 6 heteroatoms. The molecule has 166 valence electrons. The summed E-state index contributed by atoms with van der Waals surface area (Å²) in [5.74, 6) is 2.49. The first-order valence-electron chi connectivity index (χ1n) is 11.3. The number of ether oxygens (including phenoxy) is 1. The van der Waals surface area contributed by atoms with E-state index in [1.807, 2.05) is 7.11 Å². The molecule has 0 aromatic carbocycles. The summed E-state index contributed by atoms with van der Waals surface area (Å²) < 4.78 is 5.36. The molecule has 0 bridgehead atoms. The summed E-state index contributed by atoms with van der Waals surface area (Å²) in [6.07, 6.45) is 9.08. The highest BCUT2D eigenvalue weighted by atomic mass is 127. The topological polar surface area (TPSA) is 48.9 Å². The molecule has 1 saturated carbocycles. The second-order valence-corrected chi connectivity index (χ2v) is 9.19. The van der Waals surface area contributed by atoms with Gasteiger partial charge in [0.15, 0.2) is 5.96 Å². The lowest BCUT2D eigenvalue weighted by molar-refractivity contribution is 0.141. The second kappa shape index (κ2) is 14.0. The van der Waals surface area contributed by atoms with Crippen LogP contribution in [0.25, 0.3) is 0 Å². The van der Waals surface area contributed by atoms with Crippen molar-refractivity contribution in [1.82, 2.24) is 15.5 Å². The number of nitrogens with zero attached hydrogens (tertiary/aromatic N) is 2. The van der Waals surface area contributed by atoms with Crippen LogP contribution < -0.4 is 10.6 Å². The van der Waals surface area contributed by atoms with Crippen LogP contribution in [-0.2, 0) is 4.74 Å². The van der Waals surface area contributed by atoms with Gasteiger partial charge in [0.2, 0.25) is 0 Å². The van der Waals surface area contributed by atoms with Crippen molar-refractivity contribution in [3.8, 4) is 0 Å². The number of nitrogens with one attached hydrogen (secondary N) is 2. The molecule has 2 rings (SSSR count). The summed E-state index contributed by atoms with van der Waals surface area (Å²) in [5.41, 5.74) is 0.358. The Bertz CT molecular complexity index is 438. The van der Waals surface area contributed by atoms with E-state index in [2.05, 4.69) is 36.3 Å². The van der Waals surface area contributed by atoms with Gasteiger partial charge in [0, 0.05) is 46.4 Å². The zero-order chi connectivity index (χ0) is 19.5. The van der Waals surface area contributed by atoms with E-state index in [-0.39, 0.29) is 24.0 Å². The fraction of sp³-hybridized carbons (Fsp3) is 0.955. The molecule has 2 N–H and O–H groups in total. The predicted molar refractivity (Wildman–Crippen MR) is 131 cm³/mol. The number of hydrogen-bond donors (Lipinski definition) is 2. The van der Waals surface area contributed by atoms with E-state index in [1.54, 1.807) is 0 Å². The average Bonchev–Trinajstić information content (AvgIpc) is 3.11. The molecule has 2 aliphatic rings. The summed E-state index contributed by atoms with van der Waals surface area (Å²) in [6.45, 7) is 14.2. The fourth-order valence-electron chi connectivity index (χ4n) is 4.76. The van der Waals surface area contributed by atoms with Gasteiger partial charge in [0.25, 0.3) is 0 Å². The van der Waals surface area contributed by atoms with Crippen LogP contribution in [0.1, 0.15) is 65.7 Å². The van der Waals surface area contributed by atoms with Crippen molar-refractivity contribution >= 4 is 29.9 Å². The van der Waals surface area contributed by atoms with Crippen molar-refractivity contribution in [1.29, 1.82) is 0 Å². The molecule has 1 unspecified atom stereocenters. The number of rotatable bonds is 10. The van der Waals surface area contributed by atoms with Crippen molar-refractivity contribution in [2.45, 2.75) is 65.7 Å². The molecule has 0 aromatic heterocycles. The van der Waals surface area contributed by atoms with Gasteiger partial charge < -0.3 is 20.3 Å². The molecular formula is C22H45IN4O. The molecule has 5 nitrogen and oxygen atoms in total. The number of halogens is 1. The Labute approximate surface area is 190 Å². The van der Waals surface area contributed by atoms with E-state index in [0.29, 0.717) is 5.41 Å². The summed E-state index contributed by atoms with van der Waals surface area (Å²) in [5, 5.41) is 7.10. The highest BCUT2D eigenvalue weighted by Crippen LogP contribution is 2.41. The number of guanidine groups is 1. The smallest absolute Gasteiger partial charge is 0.191 e. The van der Waals surface area contributed by atoms with Gasteiger partial charge in [-0.2, -0.15) is 0 Å². The number of piperidine rings is 1. The summed E-state index contributed by atoms with van der Waals surface area (Å²) in [4.78, 5) is 7.64. The van der Waals surface area contributed by atoms with Crippen molar-refractivity contribution in [3.63, 3.8) is 0 Å². The molecule has 0 amide bonds. The molecule has 1 aliphatic heterocycles. The quantitative estimate of drug-likeness (QED) is 0.265. The lowest BCUT2D eigenvalue weighted by Gasteiger charge is -2.34. The minimum absolute atomic E-state index is 0. The third-order valence-corrected chi connectivity index (χ3v) is 6.20. The first-order valence-corrected chi connectivity index (χ1v) is 11.3. The zero-order valence-electron chi connectivity index (χ0n) is 18.8. The van der Waals surface area contributed by atoms with Crippen LogP contribution in [0.15, 0.2) is 4.99 Å². The molecule has 1 heterocycles. The van der Waals surface area contributed by atoms with Crippen molar-refractivity contribution in [2.24, 2.45) is 22.2 Å². The normalized spacial score (nSPS) is 22.9. The van der Waals surface area contributed by atoms with Crippen molar-refractivity contribution in [3.05, 3.63) is 0 Å². The Morgan fingerprint density at radius 1 is 1.21 bits per heavy atom. The maximum Gasteiger partial charge on any atom is 0.191 e. The van der Waals surface area contributed by atoms with E-state index >= 15 is 0 Å². The van der Waals surface area contributed by atoms with Crippen LogP contribution in [0.3, 0.4) is 0 Å². The van der Waals surface area contributed by atoms with E-state index in [1.165, 1.54) is 58.2 Å². The largest absolute Gasteiger partial charge is 0.385 e. The summed E-state index contributed by atoms with van der Waals surface area (Å²) in [6, 6.07) is 0. The first-order chi connectivity index (χ1) is 13.1. The molecule has 0 aromatic rings. The molecule has 0 spiro atoms. The minimum Gasteiger partial charge on any atom is -0.385 e. The van der Waals surface area contributed by atoms with Crippen LogP contribution >= 0.6 is 24.0 Å². The van der Waals surface area contributed by atoms with E-state index in [4.69, 9.17) is 9.73 Å². The van der Waals surface area contributed by atoms with Crippen LogP contribution in [0.2, 0.25) is 0 Å². The molecule has 0 radical (unpaired) electrons. The van der Waals surface area contributed by atoms with Gasteiger partial charge in [-0.15, -0.1) is 24.0 Å². The molecule has 28 heavy (non-hydrogen) atoms. The Kier molecular flexibility index (Phi) is 13.0. The number of likely N-dealkylation sites (tertiary alicyclic amines) is 1. The van der Waals surface area contributed by atoms with Crippen LogP contribution in [0, 0.1) is 17.3 Å². The maximum absolute atomic E-state index is 5.36. The van der Waals surface area contributed by atoms with E-state index in [9.17, 15) is 0 Å². The molecule has 2 fully saturated rings. The SMILES string of the molecule is CCNC(=NCC1(CCOC)CCCC1)NCC1CCCN(CC(C)C)C1.I. The average molecular weight is 509 g/mol. The number of methoxy groups -OCH3 is 1. The number of hydrogen-bond acceptors (Lipinski definition) is 3. The first kappa shape index (κ1) is 26.0. The Morgan fingerprint density at radius 2 is 1.96 bits per heavy atom. The van der Waals surface area contributed by atoms with Gasteiger partial charge in [0.05, 0.1) is 0 Å². The summed E-state index contributed by atoms with van der Waals surface area (Å²) in [7, 11) is 1.81. The third-order valence-electron chi connectivity index (χ3n) is 6.20. The van der Waals surface area contributed by atoms with Crippen molar-refractivity contribution in [2.75, 3.05) is 53.0 Å². The van der Waals surface area contributed by atoms with Crippen LogP contribution in [0.4, 0.5) is 0 Å². The molecule has 1 atom stereocenters. The monoisotopic (exact) mass is 508 g/mol. The minimum atomic E-state index is 0. The molecule has 1 saturated heterocycles. The van der Waals surface area contributed by atoms with Gasteiger partial charge in [-0.05, 0) is 62.8 Å². The third kappa shape index (κ3) is 9.16. The molecule has 1 aliphatic carbocycles. The van der Waals surface area contributed by atoms with Crippen molar-refractivity contribution < 1.29 is 4.74 Å². The number of aliphatic imine (C=N–C) groups is 1. The Morgan fingerprint density at radius 3 is 2.61 bits per heavy atom. The Balaban J connectivity index is 0.00000392. The highest BCUT2D eigenvalue weighted by molar-refractivity contribution is 14.0. The maximum atomic E-state index is 5.36. The van der Waals surface area contributed by atoms with Gasteiger partial charge in [-0.25, -0.2) is 0 Å². The van der Waals surface area contributed by atoms with Gasteiger partial charge in [-0.3, -0.25) is 4.99 Å². The van der Waals surface area contributed by atoms with Crippen LogP contribution in [0.5, 0.6) is 0 Å². The van der Waals surface area contributed by atoms with E-state index in [0.717, 1.165) is 50.5 Å². The predicted octanol–water partition coefficient (Wildman–Crippen LogP) is 4.12. The summed E-state index contributed by atoms with van der Waals surface area (Å²) >= 11 is 0. The second-order valence-electron chi connectivity index (χ2n) is 9.19. The molecular weight excluding hydrogens is 463 g/mol. The lowest BCUT2D eigenvalue weighted by atomic mass is 9.83. The fourth-order valence-corrected chi connectivity index (χ4v) is 4.76. The van der Waals surface area contributed by atoms with E-state index < -0.39 is 0 Å². The highest BCUT2D eigenvalue weighted by Gasteiger charge is 2.33. The van der Waals surface area contributed by atoms with Gasteiger partial charge >= 0.3 is 0 Å². The Hall–Kier alpha value is -0.0800. The lowest BCUT2D eigenvalue weighted by Crippen LogP contribution is -2.45. The van der Waals surface area contributed by atoms with Gasteiger partial charge in [0.1, 0.15) is 0 Å². The standard InChI is InChI=1S/C22H44N4O.HI/c1-5-23-21(25-18-22(12-14-27-4)10-6-7-11-22)24-15-20-9-8-13-26(17-20)16-19(2)3;/h19-20H,5-18H2,1-4H3,(H2,23,24,25);1H. The van der Waals surface area contributed by atoms with Crippen LogP contribution in [-0.4, -0.2) is 63.8 Å². The van der Waals surface area contributed by atoms with Gasteiger partial charge in [-0.1, -0.05) is 26.7 Å².